The lowest BCUT2D eigenvalue weighted by atomic mass is 10.1. The maximum absolute atomic E-state index is 8.78. The summed E-state index contributed by atoms with van der Waals surface area (Å²) in [6.07, 6.45) is 0. The number of aromatic nitrogens is 1. The van der Waals surface area contributed by atoms with Gasteiger partial charge in [-0.15, -0.1) is 11.3 Å². The molecule has 0 aliphatic heterocycles. The molecule has 86 valence electrons. The Balaban J connectivity index is 2.10. The predicted octanol–water partition coefficient (Wildman–Crippen LogP) is 4.60. The summed E-state index contributed by atoms with van der Waals surface area (Å²) in [6, 6.07) is 15.7. The van der Waals surface area contributed by atoms with E-state index in [1.165, 1.54) is 0 Å². The molecule has 0 aliphatic carbocycles. The van der Waals surface area contributed by atoms with E-state index in [1.54, 1.807) is 11.3 Å². The van der Waals surface area contributed by atoms with Gasteiger partial charge in [-0.2, -0.15) is 5.26 Å². The smallest absolute Gasteiger partial charge is 0.124 e. The molecule has 18 heavy (non-hydrogen) atoms. The Hall–Kier alpha value is -1.70. The SMILES string of the molecule is N#Cc1ccc(-c2nc3ccc(Br)cc3s2)cc1. The molecule has 0 amide bonds. The van der Waals surface area contributed by atoms with E-state index in [2.05, 4.69) is 33.0 Å². The Morgan fingerprint density at radius 2 is 1.89 bits per heavy atom. The van der Waals surface area contributed by atoms with Gasteiger partial charge < -0.3 is 0 Å². The van der Waals surface area contributed by atoms with Crippen LogP contribution < -0.4 is 0 Å². The molecular weight excluding hydrogens is 308 g/mol. The van der Waals surface area contributed by atoms with Gasteiger partial charge in [0.15, 0.2) is 0 Å². The van der Waals surface area contributed by atoms with Crippen molar-refractivity contribution in [2.24, 2.45) is 0 Å². The predicted molar refractivity (Wildman–Crippen MR) is 77.5 cm³/mol. The second-order valence-corrected chi connectivity index (χ2v) is 5.77. The van der Waals surface area contributed by atoms with Crippen LogP contribution in [-0.2, 0) is 0 Å². The van der Waals surface area contributed by atoms with E-state index in [-0.39, 0.29) is 0 Å². The minimum Gasteiger partial charge on any atom is -0.236 e. The summed E-state index contributed by atoms with van der Waals surface area (Å²) in [6.45, 7) is 0. The fourth-order valence-corrected chi connectivity index (χ4v) is 3.23. The van der Waals surface area contributed by atoms with E-state index in [9.17, 15) is 0 Å². The Kier molecular flexibility index (Phi) is 2.86. The van der Waals surface area contributed by atoms with Crippen LogP contribution in [0.4, 0.5) is 0 Å². The largest absolute Gasteiger partial charge is 0.236 e. The third kappa shape index (κ3) is 2.03. The topological polar surface area (TPSA) is 36.7 Å². The summed E-state index contributed by atoms with van der Waals surface area (Å²) in [5.41, 5.74) is 2.72. The second kappa shape index (κ2) is 4.52. The molecule has 1 aromatic heterocycles. The molecule has 0 bridgehead atoms. The van der Waals surface area contributed by atoms with Gasteiger partial charge in [-0.1, -0.05) is 28.1 Å². The number of nitriles is 1. The van der Waals surface area contributed by atoms with Crippen molar-refractivity contribution in [2.45, 2.75) is 0 Å². The van der Waals surface area contributed by atoms with Crippen molar-refractivity contribution < 1.29 is 0 Å². The van der Waals surface area contributed by atoms with Crippen molar-refractivity contribution in [1.29, 1.82) is 5.26 Å². The molecule has 3 rings (SSSR count). The number of halogens is 1. The lowest BCUT2D eigenvalue weighted by Crippen LogP contribution is -1.77. The van der Waals surface area contributed by atoms with E-state index < -0.39 is 0 Å². The number of hydrogen-bond acceptors (Lipinski definition) is 3. The summed E-state index contributed by atoms with van der Waals surface area (Å²) < 4.78 is 2.22. The van der Waals surface area contributed by atoms with Crippen molar-refractivity contribution in [2.75, 3.05) is 0 Å². The molecular formula is C14H7BrN2S. The molecule has 0 saturated carbocycles. The van der Waals surface area contributed by atoms with Crippen molar-refractivity contribution in [3.8, 4) is 16.6 Å². The molecule has 1 heterocycles. The molecule has 2 aromatic carbocycles. The van der Waals surface area contributed by atoms with E-state index in [0.717, 1.165) is 25.3 Å². The quantitative estimate of drug-likeness (QED) is 0.658. The van der Waals surface area contributed by atoms with Crippen LogP contribution in [0.5, 0.6) is 0 Å². The number of fused-ring (bicyclic) bond motifs is 1. The maximum Gasteiger partial charge on any atom is 0.124 e. The molecule has 2 nitrogen and oxygen atoms in total. The Morgan fingerprint density at radius 3 is 2.61 bits per heavy atom. The van der Waals surface area contributed by atoms with Gasteiger partial charge in [-0.3, -0.25) is 0 Å². The van der Waals surface area contributed by atoms with Crippen LogP contribution in [0, 0.1) is 11.3 Å². The number of hydrogen-bond donors (Lipinski definition) is 0. The van der Waals surface area contributed by atoms with Crippen molar-refractivity contribution >= 4 is 37.5 Å². The van der Waals surface area contributed by atoms with Gasteiger partial charge in [0.1, 0.15) is 5.01 Å². The minimum atomic E-state index is 0.669. The van der Waals surface area contributed by atoms with Gasteiger partial charge in [0, 0.05) is 10.0 Å². The lowest BCUT2D eigenvalue weighted by molar-refractivity contribution is 1.45. The zero-order valence-corrected chi connectivity index (χ0v) is 11.6. The standard InChI is InChI=1S/C14H7BrN2S/c15-11-5-6-12-13(7-11)18-14(17-12)10-3-1-9(8-16)2-4-10/h1-7H. The molecule has 0 fully saturated rings. The van der Waals surface area contributed by atoms with Crippen LogP contribution in [0.1, 0.15) is 5.56 Å². The zero-order chi connectivity index (χ0) is 12.5. The molecule has 4 heteroatoms. The van der Waals surface area contributed by atoms with E-state index in [4.69, 9.17) is 5.26 Å². The van der Waals surface area contributed by atoms with E-state index >= 15 is 0 Å². The first-order chi connectivity index (χ1) is 8.76. The summed E-state index contributed by atoms with van der Waals surface area (Å²) in [5, 5.41) is 9.75. The molecule has 0 atom stereocenters. The average Bonchev–Trinajstić information content (AvgIpc) is 2.81. The van der Waals surface area contributed by atoms with Crippen molar-refractivity contribution in [1.82, 2.24) is 4.98 Å². The maximum atomic E-state index is 8.78. The zero-order valence-electron chi connectivity index (χ0n) is 9.22. The molecule has 0 radical (unpaired) electrons. The first-order valence-corrected chi connectivity index (χ1v) is 6.94. The Morgan fingerprint density at radius 1 is 1.11 bits per heavy atom. The molecule has 3 aromatic rings. The van der Waals surface area contributed by atoms with E-state index in [0.29, 0.717) is 5.56 Å². The summed E-state index contributed by atoms with van der Waals surface area (Å²) in [7, 11) is 0. The highest BCUT2D eigenvalue weighted by Crippen LogP contribution is 2.31. The van der Waals surface area contributed by atoms with Crippen molar-refractivity contribution in [3.05, 3.63) is 52.5 Å². The summed E-state index contributed by atoms with van der Waals surface area (Å²) >= 11 is 5.11. The van der Waals surface area contributed by atoms with Gasteiger partial charge in [0.25, 0.3) is 0 Å². The van der Waals surface area contributed by atoms with Crippen LogP contribution in [-0.4, -0.2) is 4.98 Å². The number of nitrogens with zero attached hydrogens (tertiary/aromatic N) is 2. The number of benzene rings is 2. The van der Waals surface area contributed by atoms with Crippen molar-refractivity contribution in [3.63, 3.8) is 0 Å². The first-order valence-electron chi connectivity index (χ1n) is 5.33. The van der Waals surface area contributed by atoms with Crippen LogP contribution in [0.15, 0.2) is 46.9 Å². The second-order valence-electron chi connectivity index (χ2n) is 3.82. The Bertz CT molecular complexity index is 754. The highest BCUT2D eigenvalue weighted by atomic mass is 79.9. The fraction of sp³-hybridized carbons (Fsp3) is 0. The molecule has 0 aliphatic rings. The fourth-order valence-electron chi connectivity index (χ4n) is 1.71. The van der Waals surface area contributed by atoms with Crippen LogP contribution >= 0.6 is 27.3 Å². The summed E-state index contributed by atoms with van der Waals surface area (Å²) in [5.74, 6) is 0. The third-order valence-corrected chi connectivity index (χ3v) is 4.17. The van der Waals surface area contributed by atoms with Crippen LogP contribution in [0.2, 0.25) is 0 Å². The van der Waals surface area contributed by atoms with Crippen LogP contribution in [0.3, 0.4) is 0 Å². The molecule has 0 unspecified atom stereocenters. The first kappa shape index (κ1) is 11.4. The number of thiazole rings is 1. The van der Waals surface area contributed by atoms with Gasteiger partial charge in [0.2, 0.25) is 0 Å². The van der Waals surface area contributed by atoms with Gasteiger partial charge in [0.05, 0.1) is 21.8 Å². The number of rotatable bonds is 1. The van der Waals surface area contributed by atoms with E-state index in [1.807, 2.05) is 36.4 Å². The molecule has 0 saturated heterocycles. The third-order valence-electron chi connectivity index (χ3n) is 2.61. The normalized spacial score (nSPS) is 10.4. The Labute approximate surface area is 117 Å². The van der Waals surface area contributed by atoms with Gasteiger partial charge in [-0.05, 0) is 30.3 Å². The van der Waals surface area contributed by atoms with Gasteiger partial charge in [-0.25, -0.2) is 4.98 Å². The lowest BCUT2D eigenvalue weighted by Gasteiger charge is -1.94. The average molecular weight is 315 g/mol. The van der Waals surface area contributed by atoms with Gasteiger partial charge >= 0.3 is 0 Å². The summed E-state index contributed by atoms with van der Waals surface area (Å²) in [4.78, 5) is 4.59. The molecule has 0 spiro atoms. The highest BCUT2D eigenvalue weighted by molar-refractivity contribution is 9.10. The van der Waals surface area contributed by atoms with Crippen LogP contribution in [0.25, 0.3) is 20.8 Å². The monoisotopic (exact) mass is 314 g/mol. The molecule has 0 N–H and O–H groups in total. The minimum absolute atomic E-state index is 0.669. The highest BCUT2D eigenvalue weighted by Gasteiger charge is 2.06.